The highest BCUT2D eigenvalue weighted by Crippen LogP contribution is 2.31. The highest BCUT2D eigenvalue weighted by atomic mass is 16.5. The fourth-order valence-corrected chi connectivity index (χ4v) is 3.58. The first-order valence-corrected chi connectivity index (χ1v) is 9.35. The van der Waals surface area contributed by atoms with Crippen LogP contribution in [0.3, 0.4) is 0 Å². The van der Waals surface area contributed by atoms with Gasteiger partial charge in [0.05, 0.1) is 29.2 Å². The molecule has 1 heterocycles. The lowest BCUT2D eigenvalue weighted by molar-refractivity contribution is -0.124. The molecule has 28 heavy (non-hydrogen) atoms. The first kappa shape index (κ1) is 19.5. The lowest BCUT2D eigenvalue weighted by atomic mass is 9.94. The first-order valence-electron chi connectivity index (χ1n) is 9.35. The molecule has 0 saturated heterocycles. The van der Waals surface area contributed by atoms with Crippen molar-refractivity contribution in [1.82, 2.24) is 10.2 Å². The van der Waals surface area contributed by atoms with Gasteiger partial charge in [0.15, 0.2) is 6.61 Å². The lowest BCUT2D eigenvalue weighted by Crippen LogP contribution is -2.40. The summed E-state index contributed by atoms with van der Waals surface area (Å²) in [4.78, 5) is 50.5. The Morgan fingerprint density at radius 1 is 1.14 bits per heavy atom. The Kier molecular flexibility index (Phi) is 6.04. The number of carbonyl (C=O) groups excluding carboxylic acids is 4. The average molecular weight is 383 g/mol. The van der Waals surface area contributed by atoms with Crippen molar-refractivity contribution in [3.63, 3.8) is 0 Å². The van der Waals surface area contributed by atoms with E-state index in [0.29, 0.717) is 5.56 Å². The quantitative estimate of drug-likeness (QED) is 0.455. The topological polar surface area (TPSA) is 117 Å². The molecule has 1 N–H and O–H groups in total. The van der Waals surface area contributed by atoms with Crippen LogP contribution in [0.25, 0.3) is 0 Å². The van der Waals surface area contributed by atoms with Crippen LogP contribution < -0.4 is 5.32 Å². The lowest BCUT2D eigenvalue weighted by Gasteiger charge is -2.29. The van der Waals surface area contributed by atoms with E-state index in [1.807, 2.05) is 6.07 Å². The Hall–Kier alpha value is -3.21. The molecule has 0 unspecified atom stereocenters. The van der Waals surface area contributed by atoms with E-state index in [-0.39, 0.29) is 41.9 Å². The van der Waals surface area contributed by atoms with Crippen molar-refractivity contribution in [1.29, 1.82) is 5.26 Å². The number of nitriles is 1. The molecule has 8 nitrogen and oxygen atoms in total. The fraction of sp³-hybridized carbons (Fsp3) is 0.450. The predicted octanol–water partition coefficient (Wildman–Crippen LogP) is 1.80. The molecule has 0 radical (unpaired) electrons. The molecular weight excluding hydrogens is 362 g/mol. The number of nitrogens with one attached hydrogen (secondary N) is 1. The fourth-order valence-electron chi connectivity index (χ4n) is 3.58. The van der Waals surface area contributed by atoms with Gasteiger partial charge < -0.3 is 10.1 Å². The second kappa shape index (κ2) is 8.65. The summed E-state index contributed by atoms with van der Waals surface area (Å²) in [5.41, 5.74) is 0.597. The number of amides is 3. The third kappa shape index (κ3) is 4.03. The van der Waals surface area contributed by atoms with Crippen molar-refractivity contribution in [3.8, 4) is 6.07 Å². The molecule has 1 aromatic rings. The molecule has 8 heteroatoms. The second-order valence-corrected chi connectivity index (χ2v) is 6.87. The van der Waals surface area contributed by atoms with E-state index in [0.717, 1.165) is 32.1 Å². The van der Waals surface area contributed by atoms with Crippen molar-refractivity contribution in [3.05, 3.63) is 34.9 Å². The number of fused-ring (bicyclic) bond motifs is 1. The van der Waals surface area contributed by atoms with Gasteiger partial charge in [0.2, 0.25) is 0 Å². The van der Waals surface area contributed by atoms with Gasteiger partial charge in [-0.3, -0.25) is 19.3 Å². The molecule has 1 aliphatic heterocycles. The number of carbonyl (C=O) groups is 4. The molecule has 0 aromatic heterocycles. The van der Waals surface area contributed by atoms with Crippen molar-refractivity contribution in [2.75, 3.05) is 13.2 Å². The maximum atomic E-state index is 12.8. The smallest absolute Gasteiger partial charge is 0.338 e. The Balaban J connectivity index is 1.66. The highest BCUT2D eigenvalue weighted by molar-refractivity contribution is 6.22. The minimum Gasteiger partial charge on any atom is -0.452 e. The summed E-state index contributed by atoms with van der Waals surface area (Å²) >= 11 is 0. The van der Waals surface area contributed by atoms with Crippen molar-refractivity contribution < 1.29 is 23.9 Å². The average Bonchev–Trinajstić information content (AvgIpc) is 2.97. The predicted molar refractivity (Wildman–Crippen MR) is 97.3 cm³/mol. The van der Waals surface area contributed by atoms with Gasteiger partial charge in [0.1, 0.15) is 0 Å². The van der Waals surface area contributed by atoms with Gasteiger partial charge in [-0.1, -0.05) is 19.3 Å². The molecule has 1 saturated carbocycles. The number of nitrogens with zero attached hydrogens (tertiary/aromatic N) is 2. The second-order valence-electron chi connectivity index (χ2n) is 6.87. The Morgan fingerprint density at radius 2 is 1.86 bits per heavy atom. The highest BCUT2D eigenvalue weighted by Gasteiger charge is 2.40. The third-order valence-electron chi connectivity index (χ3n) is 4.99. The van der Waals surface area contributed by atoms with Crippen LogP contribution in [0.15, 0.2) is 18.2 Å². The number of esters is 1. The molecular formula is C20H21N3O5. The number of benzene rings is 1. The van der Waals surface area contributed by atoms with Gasteiger partial charge in [-0.25, -0.2) is 4.79 Å². The molecule has 1 fully saturated rings. The van der Waals surface area contributed by atoms with Crippen LogP contribution in [-0.2, 0) is 9.53 Å². The van der Waals surface area contributed by atoms with Crippen LogP contribution in [0.4, 0.5) is 0 Å². The Morgan fingerprint density at radius 3 is 2.57 bits per heavy atom. The first-order chi connectivity index (χ1) is 13.5. The van der Waals surface area contributed by atoms with Gasteiger partial charge in [-0.2, -0.15) is 5.26 Å². The van der Waals surface area contributed by atoms with E-state index in [4.69, 9.17) is 10.00 Å². The van der Waals surface area contributed by atoms with Crippen molar-refractivity contribution in [2.24, 2.45) is 0 Å². The van der Waals surface area contributed by atoms with Crippen LogP contribution in [0, 0.1) is 11.3 Å². The van der Waals surface area contributed by atoms with Crippen LogP contribution in [-0.4, -0.2) is 47.8 Å². The monoisotopic (exact) mass is 383 g/mol. The number of imide groups is 1. The summed E-state index contributed by atoms with van der Waals surface area (Å²) in [5.74, 6) is -1.96. The number of rotatable bonds is 6. The summed E-state index contributed by atoms with van der Waals surface area (Å²) in [5, 5.41) is 10.9. The van der Waals surface area contributed by atoms with Crippen LogP contribution in [0.2, 0.25) is 0 Å². The molecule has 2 aliphatic rings. The zero-order valence-electron chi connectivity index (χ0n) is 15.4. The van der Waals surface area contributed by atoms with Crippen molar-refractivity contribution >= 4 is 23.7 Å². The summed E-state index contributed by atoms with van der Waals surface area (Å²) in [7, 11) is 0. The van der Waals surface area contributed by atoms with E-state index in [9.17, 15) is 19.2 Å². The molecule has 1 aliphatic carbocycles. The maximum Gasteiger partial charge on any atom is 0.338 e. The zero-order chi connectivity index (χ0) is 20.1. The van der Waals surface area contributed by atoms with Gasteiger partial charge in [-0.05, 0) is 31.0 Å². The summed E-state index contributed by atoms with van der Waals surface area (Å²) in [6.45, 7) is -0.304. The zero-order valence-corrected chi connectivity index (χ0v) is 15.4. The Bertz CT molecular complexity index is 852. The molecule has 1 aromatic carbocycles. The van der Waals surface area contributed by atoms with Gasteiger partial charge >= 0.3 is 5.97 Å². The molecule has 0 spiro atoms. The summed E-state index contributed by atoms with van der Waals surface area (Å²) < 4.78 is 4.94. The van der Waals surface area contributed by atoms with Crippen molar-refractivity contribution in [2.45, 2.75) is 44.6 Å². The van der Waals surface area contributed by atoms with E-state index >= 15 is 0 Å². The third-order valence-corrected chi connectivity index (χ3v) is 4.99. The number of hydrogen-bond acceptors (Lipinski definition) is 6. The molecule has 146 valence electrons. The van der Waals surface area contributed by atoms with Crippen LogP contribution in [0.5, 0.6) is 0 Å². The van der Waals surface area contributed by atoms with Crippen LogP contribution in [0.1, 0.15) is 69.6 Å². The van der Waals surface area contributed by atoms with E-state index in [2.05, 4.69) is 5.32 Å². The standard InChI is InChI=1S/C20H21N3O5/c21-9-4-10-22-17(24)12-28-20(27)13-7-8-15-16(11-13)19(26)23(18(15)25)14-5-2-1-3-6-14/h7-8,11,14H,1-6,10,12H2,(H,22,24). The molecule has 3 amide bonds. The minimum absolute atomic E-state index is 0.0892. The minimum atomic E-state index is -0.755. The van der Waals surface area contributed by atoms with Gasteiger partial charge in [-0.15, -0.1) is 0 Å². The number of ether oxygens (including phenoxy) is 1. The molecule has 0 atom stereocenters. The molecule has 0 bridgehead atoms. The van der Waals surface area contributed by atoms with E-state index in [1.165, 1.54) is 23.1 Å². The Labute approximate surface area is 162 Å². The number of hydrogen-bond donors (Lipinski definition) is 1. The molecule has 3 rings (SSSR count). The largest absolute Gasteiger partial charge is 0.452 e. The van der Waals surface area contributed by atoms with E-state index in [1.54, 1.807) is 0 Å². The maximum absolute atomic E-state index is 12.8. The van der Waals surface area contributed by atoms with Gasteiger partial charge in [0, 0.05) is 12.6 Å². The summed E-state index contributed by atoms with van der Waals surface area (Å²) in [6.07, 6.45) is 4.87. The van der Waals surface area contributed by atoms with Gasteiger partial charge in [0.25, 0.3) is 17.7 Å². The van der Waals surface area contributed by atoms with Crippen LogP contribution >= 0.6 is 0 Å². The SMILES string of the molecule is N#CCCNC(=O)COC(=O)c1ccc2c(c1)C(=O)N(C1CCCCC1)C2=O. The van der Waals surface area contributed by atoms with E-state index < -0.39 is 18.5 Å². The normalized spacial score (nSPS) is 16.5. The summed E-state index contributed by atoms with van der Waals surface area (Å²) in [6, 6.07) is 6.03.